The highest BCUT2D eigenvalue weighted by atomic mass is 19.4. The van der Waals surface area contributed by atoms with Gasteiger partial charge in [0.15, 0.2) is 0 Å². The highest BCUT2D eigenvalue weighted by molar-refractivity contribution is 5.92. The molecule has 0 saturated carbocycles. The van der Waals surface area contributed by atoms with Crippen LogP contribution in [-0.4, -0.2) is 77.8 Å². The normalized spacial score (nSPS) is 20.6. The number of primary amides is 1. The minimum atomic E-state index is -5.08. The fourth-order valence-electron chi connectivity index (χ4n) is 5.40. The molecule has 11 heteroatoms. The number of alkyl halides is 3. The van der Waals surface area contributed by atoms with Crippen LogP contribution in [0.3, 0.4) is 0 Å². The van der Waals surface area contributed by atoms with E-state index in [0.717, 1.165) is 24.9 Å². The first-order valence-corrected chi connectivity index (χ1v) is 12.8. The van der Waals surface area contributed by atoms with Crippen molar-refractivity contribution >= 4 is 17.8 Å². The van der Waals surface area contributed by atoms with Crippen LogP contribution in [0.1, 0.15) is 53.1 Å². The molecule has 2 fully saturated rings. The molecule has 2 aromatic rings. The highest BCUT2D eigenvalue weighted by Gasteiger charge is 2.41. The molecule has 2 aromatic carbocycles. The lowest BCUT2D eigenvalue weighted by Gasteiger charge is -2.40. The number of nitrogens with two attached hydrogens (primary N) is 1. The fraction of sp³-hybridized carbons (Fsp3) is 0.464. The third-order valence-corrected chi connectivity index (χ3v) is 7.23. The number of piperidine rings is 1. The maximum absolute atomic E-state index is 12.7. The zero-order chi connectivity index (χ0) is 28.6. The monoisotopic (exact) mass is 549 g/mol. The summed E-state index contributed by atoms with van der Waals surface area (Å²) in [5.41, 5.74) is 8.42. The van der Waals surface area contributed by atoms with E-state index >= 15 is 0 Å². The third kappa shape index (κ3) is 8.52. The molecule has 3 N–H and O–H groups in total. The predicted molar refractivity (Wildman–Crippen MR) is 138 cm³/mol. The van der Waals surface area contributed by atoms with Crippen LogP contribution in [0, 0.1) is 0 Å². The Labute approximate surface area is 225 Å². The van der Waals surface area contributed by atoms with Crippen LogP contribution < -0.4 is 5.73 Å². The largest absolute Gasteiger partial charge is 0.490 e. The summed E-state index contributed by atoms with van der Waals surface area (Å²) in [6, 6.07) is 19.0. The van der Waals surface area contributed by atoms with Gasteiger partial charge in [-0.1, -0.05) is 42.5 Å². The van der Waals surface area contributed by atoms with Crippen molar-refractivity contribution in [3.05, 3.63) is 71.3 Å². The van der Waals surface area contributed by atoms with Gasteiger partial charge in [0.25, 0.3) is 0 Å². The molecule has 2 aliphatic heterocycles. The van der Waals surface area contributed by atoms with Crippen molar-refractivity contribution in [2.45, 2.75) is 56.4 Å². The van der Waals surface area contributed by atoms with Gasteiger partial charge in [-0.15, -0.1) is 0 Å². The topological polar surface area (TPSA) is 113 Å². The third-order valence-electron chi connectivity index (χ3n) is 7.23. The summed E-state index contributed by atoms with van der Waals surface area (Å²) in [5.74, 6) is -2.64. The second-order valence-electron chi connectivity index (χ2n) is 9.82. The quantitative estimate of drug-likeness (QED) is 0.492. The first-order valence-electron chi connectivity index (χ1n) is 12.8. The van der Waals surface area contributed by atoms with E-state index in [0.29, 0.717) is 36.7 Å². The molecule has 2 unspecified atom stereocenters. The standard InChI is InChI=1S/C26H33N3O3.C2HF3O2/c1-32-18-25(30)28(17-19-6-3-2-4-7-19)12-13-29-23-10-11-24(29)16-22(15-23)20-8-5-9-21(14-20)26(27)31;3-2(4,5)1(6)7/h2-9,14,22-24H,10-13,15-18H2,1H3,(H2,27,31);(H,6,7). The smallest absolute Gasteiger partial charge is 0.475 e. The Morgan fingerprint density at radius 1 is 1.05 bits per heavy atom. The van der Waals surface area contributed by atoms with Crippen molar-refractivity contribution < 1.29 is 37.4 Å². The first-order chi connectivity index (χ1) is 18.5. The first kappa shape index (κ1) is 30.1. The molecule has 2 bridgehead atoms. The summed E-state index contributed by atoms with van der Waals surface area (Å²) in [7, 11) is 1.57. The molecule has 2 saturated heterocycles. The van der Waals surface area contributed by atoms with Crippen LogP contribution in [-0.2, 0) is 20.9 Å². The van der Waals surface area contributed by atoms with E-state index < -0.39 is 12.1 Å². The maximum Gasteiger partial charge on any atom is 0.490 e. The molecular formula is C28H34F3N3O5. The van der Waals surface area contributed by atoms with E-state index in [9.17, 15) is 22.8 Å². The molecule has 39 heavy (non-hydrogen) atoms. The number of carboxylic acids is 1. The Kier molecular flexibility index (Phi) is 10.5. The number of aliphatic carboxylic acids is 1. The van der Waals surface area contributed by atoms with Gasteiger partial charge in [-0.2, -0.15) is 13.2 Å². The molecule has 0 aromatic heterocycles. The zero-order valence-corrected chi connectivity index (χ0v) is 21.8. The lowest BCUT2D eigenvalue weighted by atomic mass is 9.84. The minimum absolute atomic E-state index is 0.0295. The van der Waals surface area contributed by atoms with E-state index in [4.69, 9.17) is 20.4 Å². The van der Waals surface area contributed by atoms with Crippen LogP contribution in [0.2, 0.25) is 0 Å². The van der Waals surface area contributed by atoms with Crippen LogP contribution in [0.25, 0.3) is 0 Å². The number of rotatable bonds is 9. The minimum Gasteiger partial charge on any atom is -0.475 e. The Bertz CT molecular complexity index is 1110. The average molecular weight is 550 g/mol. The molecule has 8 nitrogen and oxygen atoms in total. The van der Waals surface area contributed by atoms with Crippen molar-refractivity contribution in [2.75, 3.05) is 26.8 Å². The molecule has 0 aliphatic carbocycles. The van der Waals surface area contributed by atoms with Crippen molar-refractivity contribution in [1.29, 1.82) is 0 Å². The van der Waals surface area contributed by atoms with Gasteiger partial charge in [-0.3, -0.25) is 14.5 Å². The number of nitrogens with zero attached hydrogens (tertiary/aromatic N) is 2. The van der Waals surface area contributed by atoms with Crippen LogP contribution in [0.4, 0.5) is 13.2 Å². The Balaban J connectivity index is 0.000000532. The van der Waals surface area contributed by atoms with E-state index in [-0.39, 0.29) is 18.4 Å². The van der Waals surface area contributed by atoms with E-state index in [2.05, 4.69) is 23.1 Å². The van der Waals surface area contributed by atoms with Crippen LogP contribution in [0.5, 0.6) is 0 Å². The summed E-state index contributed by atoms with van der Waals surface area (Å²) in [6.07, 6.45) is -0.518. The zero-order valence-electron chi connectivity index (χ0n) is 21.8. The number of amides is 2. The number of carboxylic acid groups (broad SMARTS) is 1. The molecule has 0 radical (unpaired) electrons. The fourth-order valence-corrected chi connectivity index (χ4v) is 5.40. The Hall–Kier alpha value is -3.44. The van der Waals surface area contributed by atoms with E-state index in [1.54, 1.807) is 13.2 Å². The number of carbonyl (C=O) groups excluding carboxylic acids is 2. The summed E-state index contributed by atoms with van der Waals surface area (Å²) < 4.78 is 36.9. The summed E-state index contributed by atoms with van der Waals surface area (Å²) in [4.78, 5) is 37.7. The Morgan fingerprint density at radius 2 is 1.67 bits per heavy atom. The number of halogens is 3. The van der Waals surface area contributed by atoms with Gasteiger partial charge in [0.05, 0.1) is 0 Å². The number of methoxy groups -OCH3 is 1. The average Bonchev–Trinajstić information content (AvgIpc) is 3.13. The second-order valence-corrected chi connectivity index (χ2v) is 9.82. The molecule has 0 spiro atoms. The lowest BCUT2D eigenvalue weighted by molar-refractivity contribution is -0.192. The van der Waals surface area contributed by atoms with Crippen LogP contribution in [0.15, 0.2) is 54.6 Å². The number of carbonyl (C=O) groups is 3. The van der Waals surface area contributed by atoms with E-state index in [1.165, 1.54) is 18.4 Å². The summed E-state index contributed by atoms with van der Waals surface area (Å²) >= 11 is 0. The molecule has 2 amide bonds. The SMILES string of the molecule is COCC(=O)N(CCN1C2CCC1CC(c1cccc(C(N)=O)c1)C2)Cc1ccccc1.O=C(O)C(F)(F)F. The van der Waals surface area contributed by atoms with Crippen molar-refractivity contribution in [1.82, 2.24) is 9.80 Å². The van der Waals surface area contributed by atoms with Gasteiger partial charge in [0.2, 0.25) is 11.8 Å². The lowest BCUT2D eigenvalue weighted by Crippen LogP contribution is -2.47. The molecule has 2 atom stereocenters. The van der Waals surface area contributed by atoms with Crippen molar-refractivity contribution in [3.8, 4) is 0 Å². The summed E-state index contributed by atoms with van der Waals surface area (Å²) in [6.45, 7) is 2.30. The van der Waals surface area contributed by atoms with E-state index in [1.807, 2.05) is 35.2 Å². The van der Waals surface area contributed by atoms with Crippen molar-refractivity contribution in [3.63, 3.8) is 0 Å². The van der Waals surface area contributed by atoms with Gasteiger partial charge >= 0.3 is 12.1 Å². The summed E-state index contributed by atoms with van der Waals surface area (Å²) in [5, 5.41) is 7.12. The second kappa shape index (κ2) is 13.6. The molecular weight excluding hydrogens is 515 g/mol. The van der Waals surface area contributed by atoms with Gasteiger partial charge in [0, 0.05) is 44.4 Å². The Morgan fingerprint density at radius 3 is 2.21 bits per heavy atom. The molecule has 2 heterocycles. The highest BCUT2D eigenvalue weighted by Crippen LogP contribution is 2.43. The van der Waals surface area contributed by atoms with Gasteiger partial charge < -0.3 is 20.5 Å². The van der Waals surface area contributed by atoms with Gasteiger partial charge in [0.1, 0.15) is 6.61 Å². The van der Waals surface area contributed by atoms with Gasteiger partial charge in [-0.05, 0) is 54.9 Å². The molecule has 212 valence electrons. The number of hydrogen-bond donors (Lipinski definition) is 2. The number of ether oxygens (including phenoxy) is 1. The van der Waals surface area contributed by atoms with Crippen LogP contribution >= 0.6 is 0 Å². The molecule has 4 rings (SSSR count). The number of benzene rings is 2. The number of fused-ring (bicyclic) bond motifs is 2. The van der Waals surface area contributed by atoms with Crippen molar-refractivity contribution in [2.24, 2.45) is 5.73 Å². The maximum atomic E-state index is 12.7. The molecule has 2 aliphatic rings. The predicted octanol–water partition coefficient (Wildman–Crippen LogP) is 3.80. The van der Waals surface area contributed by atoms with Gasteiger partial charge in [-0.25, -0.2) is 4.79 Å². The number of hydrogen-bond acceptors (Lipinski definition) is 5.